The first kappa shape index (κ1) is 14.6. The minimum atomic E-state index is -0.815. The molecule has 0 atom stereocenters. The second-order valence-corrected chi connectivity index (χ2v) is 7.42. The molecule has 1 heterocycles. The Kier molecular flexibility index (Phi) is 4.01. The number of aromatic nitrogens is 1. The van der Waals surface area contributed by atoms with E-state index in [4.69, 9.17) is 4.98 Å². The number of nitrogens with zero attached hydrogens (tertiary/aromatic N) is 2. The van der Waals surface area contributed by atoms with Gasteiger partial charge in [-0.15, -0.1) is 11.3 Å². The number of hydrogen-bond donors (Lipinski definition) is 1. The van der Waals surface area contributed by atoms with E-state index in [0.717, 1.165) is 22.1 Å². The molecule has 0 aliphatic heterocycles. The fourth-order valence-electron chi connectivity index (χ4n) is 1.63. The van der Waals surface area contributed by atoms with Crippen molar-refractivity contribution in [1.29, 1.82) is 0 Å². The largest absolute Gasteiger partial charge is 0.385 e. The van der Waals surface area contributed by atoms with Crippen LogP contribution < -0.4 is 0 Å². The molecule has 0 amide bonds. The fourth-order valence-corrected chi connectivity index (χ4v) is 3.02. The van der Waals surface area contributed by atoms with Crippen LogP contribution >= 0.6 is 11.3 Å². The quantitative estimate of drug-likeness (QED) is 0.903. The van der Waals surface area contributed by atoms with Crippen molar-refractivity contribution in [2.24, 2.45) is 0 Å². The highest BCUT2D eigenvalue weighted by molar-refractivity contribution is 7.11. The molecule has 0 bridgehead atoms. The van der Waals surface area contributed by atoms with E-state index in [9.17, 15) is 5.11 Å². The third kappa shape index (κ3) is 3.76. The maximum absolute atomic E-state index is 10.2. The molecule has 1 N–H and O–H groups in total. The molecule has 0 aliphatic rings. The number of rotatable bonds is 3. The second-order valence-electron chi connectivity index (χ2n) is 6.33. The van der Waals surface area contributed by atoms with E-state index in [1.807, 2.05) is 27.9 Å². The highest BCUT2D eigenvalue weighted by Gasteiger charge is 2.30. The van der Waals surface area contributed by atoms with Crippen molar-refractivity contribution in [3.63, 3.8) is 0 Å². The van der Waals surface area contributed by atoms with E-state index >= 15 is 0 Å². The van der Waals surface area contributed by atoms with Crippen molar-refractivity contribution < 1.29 is 5.11 Å². The third-order valence-corrected chi connectivity index (χ3v) is 3.74. The molecule has 4 heteroatoms. The second kappa shape index (κ2) is 4.67. The summed E-state index contributed by atoms with van der Waals surface area (Å²) in [5.41, 5.74) is 0.174. The molecule has 1 rings (SSSR count). The van der Waals surface area contributed by atoms with Crippen molar-refractivity contribution in [1.82, 2.24) is 9.88 Å². The average Bonchev–Trinajstić information content (AvgIpc) is 2.44. The van der Waals surface area contributed by atoms with Crippen LogP contribution in [0.25, 0.3) is 0 Å². The first-order valence-corrected chi connectivity index (χ1v) is 6.71. The van der Waals surface area contributed by atoms with Gasteiger partial charge in [-0.3, -0.25) is 0 Å². The smallest absolute Gasteiger partial charge is 0.107 e. The first-order chi connectivity index (χ1) is 7.51. The standard InChI is InChI=1S/C13H24N2OS/c1-12(2,3)10-11(13(4,5)16)17-9(14-10)8-15(6)7/h16H,8H2,1-7H3. The molecule has 0 aliphatic carbocycles. The van der Waals surface area contributed by atoms with Crippen LogP contribution in [0, 0.1) is 0 Å². The molecule has 0 unspecified atom stereocenters. The van der Waals surface area contributed by atoms with Crippen molar-refractivity contribution in [2.75, 3.05) is 14.1 Å². The van der Waals surface area contributed by atoms with Gasteiger partial charge in [-0.05, 0) is 27.9 Å². The van der Waals surface area contributed by atoms with Crippen molar-refractivity contribution in [3.05, 3.63) is 15.6 Å². The molecule has 0 spiro atoms. The Bertz CT molecular complexity index is 352. The summed E-state index contributed by atoms with van der Waals surface area (Å²) in [5.74, 6) is 0. The zero-order valence-electron chi connectivity index (χ0n) is 12.0. The summed E-state index contributed by atoms with van der Waals surface area (Å²) in [6, 6.07) is 0. The summed E-state index contributed by atoms with van der Waals surface area (Å²) < 4.78 is 0. The molecule has 98 valence electrons. The summed E-state index contributed by atoms with van der Waals surface area (Å²) in [7, 11) is 4.06. The lowest BCUT2D eigenvalue weighted by Crippen LogP contribution is -2.22. The van der Waals surface area contributed by atoms with Crippen LogP contribution in [-0.4, -0.2) is 29.1 Å². The molecule has 17 heavy (non-hydrogen) atoms. The molecule has 1 aromatic heterocycles. The molecule has 0 saturated heterocycles. The van der Waals surface area contributed by atoms with Gasteiger partial charge in [0.15, 0.2) is 0 Å². The highest BCUT2D eigenvalue weighted by Crippen LogP contribution is 2.36. The molecular formula is C13H24N2OS. The SMILES string of the molecule is CN(C)Cc1nc(C(C)(C)C)c(C(C)(C)O)s1. The van der Waals surface area contributed by atoms with Crippen molar-refractivity contribution >= 4 is 11.3 Å². The Labute approximate surface area is 108 Å². The first-order valence-electron chi connectivity index (χ1n) is 5.89. The van der Waals surface area contributed by atoms with Gasteiger partial charge in [-0.2, -0.15) is 0 Å². The van der Waals surface area contributed by atoms with E-state index in [1.165, 1.54) is 0 Å². The highest BCUT2D eigenvalue weighted by atomic mass is 32.1. The van der Waals surface area contributed by atoms with Gasteiger partial charge in [0.25, 0.3) is 0 Å². The maximum atomic E-state index is 10.2. The van der Waals surface area contributed by atoms with Crippen LogP contribution in [0.1, 0.15) is 50.2 Å². The summed E-state index contributed by atoms with van der Waals surface area (Å²) in [6.45, 7) is 10.9. The predicted octanol–water partition coefficient (Wildman–Crippen LogP) is 2.73. The summed E-state index contributed by atoms with van der Waals surface area (Å²) in [5, 5.41) is 11.3. The Morgan fingerprint density at radius 1 is 1.18 bits per heavy atom. The summed E-state index contributed by atoms with van der Waals surface area (Å²) in [4.78, 5) is 7.79. The van der Waals surface area contributed by atoms with Gasteiger partial charge in [0, 0.05) is 12.0 Å². The van der Waals surface area contributed by atoms with E-state index in [1.54, 1.807) is 11.3 Å². The molecule has 0 radical (unpaired) electrons. The van der Waals surface area contributed by atoms with E-state index in [0.29, 0.717) is 0 Å². The Hall–Kier alpha value is -0.450. The normalized spacial score (nSPS) is 13.5. The molecule has 0 saturated carbocycles. The predicted molar refractivity (Wildman–Crippen MR) is 73.4 cm³/mol. The van der Waals surface area contributed by atoms with Gasteiger partial charge in [0.05, 0.1) is 16.2 Å². The minimum absolute atomic E-state index is 0.0314. The van der Waals surface area contributed by atoms with Gasteiger partial charge in [0.1, 0.15) is 5.01 Å². The molecule has 3 nitrogen and oxygen atoms in total. The number of hydrogen-bond acceptors (Lipinski definition) is 4. The van der Waals surface area contributed by atoms with Crippen LogP contribution in [0.2, 0.25) is 0 Å². The monoisotopic (exact) mass is 256 g/mol. The van der Waals surface area contributed by atoms with Gasteiger partial charge in [-0.1, -0.05) is 20.8 Å². The van der Waals surface area contributed by atoms with Gasteiger partial charge < -0.3 is 10.0 Å². The average molecular weight is 256 g/mol. The Morgan fingerprint density at radius 2 is 1.71 bits per heavy atom. The molecular weight excluding hydrogens is 232 g/mol. The molecule has 0 fully saturated rings. The van der Waals surface area contributed by atoms with Crippen LogP contribution in [-0.2, 0) is 17.6 Å². The van der Waals surface area contributed by atoms with E-state index < -0.39 is 5.60 Å². The summed E-state index contributed by atoms with van der Waals surface area (Å²) >= 11 is 1.62. The minimum Gasteiger partial charge on any atom is -0.385 e. The van der Waals surface area contributed by atoms with Crippen molar-refractivity contribution in [3.8, 4) is 0 Å². The number of aliphatic hydroxyl groups is 1. The Balaban J connectivity index is 3.23. The lowest BCUT2D eigenvalue weighted by atomic mass is 9.88. The van der Waals surface area contributed by atoms with Crippen LogP contribution in [0.15, 0.2) is 0 Å². The zero-order chi connectivity index (χ0) is 13.4. The van der Waals surface area contributed by atoms with Gasteiger partial charge >= 0.3 is 0 Å². The topological polar surface area (TPSA) is 36.4 Å². The third-order valence-electron chi connectivity index (χ3n) is 2.39. The molecule has 0 aromatic carbocycles. The van der Waals surface area contributed by atoms with Gasteiger partial charge in [-0.25, -0.2) is 4.98 Å². The fraction of sp³-hybridized carbons (Fsp3) is 0.769. The summed E-state index contributed by atoms with van der Waals surface area (Å²) in [6.07, 6.45) is 0. The van der Waals surface area contributed by atoms with Gasteiger partial charge in [0.2, 0.25) is 0 Å². The lowest BCUT2D eigenvalue weighted by molar-refractivity contribution is 0.0803. The zero-order valence-corrected chi connectivity index (χ0v) is 12.8. The Morgan fingerprint density at radius 3 is 2.00 bits per heavy atom. The van der Waals surface area contributed by atoms with E-state index in [-0.39, 0.29) is 5.41 Å². The van der Waals surface area contributed by atoms with Crippen LogP contribution in [0.5, 0.6) is 0 Å². The number of thiazole rings is 1. The molecule has 1 aromatic rings. The lowest BCUT2D eigenvalue weighted by Gasteiger charge is -2.23. The van der Waals surface area contributed by atoms with Crippen LogP contribution in [0.3, 0.4) is 0 Å². The van der Waals surface area contributed by atoms with Crippen LogP contribution in [0.4, 0.5) is 0 Å². The maximum Gasteiger partial charge on any atom is 0.107 e. The van der Waals surface area contributed by atoms with Crippen molar-refractivity contribution in [2.45, 2.75) is 52.2 Å². The van der Waals surface area contributed by atoms with E-state index in [2.05, 4.69) is 25.7 Å².